The molecule has 0 bridgehead atoms. The van der Waals surface area contributed by atoms with E-state index in [1.165, 1.54) is 12.1 Å². The van der Waals surface area contributed by atoms with Crippen molar-refractivity contribution in [2.45, 2.75) is 37.1 Å². The maximum atomic E-state index is 13.1. The molecule has 6 nitrogen and oxygen atoms in total. The summed E-state index contributed by atoms with van der Waals surface area (Å²) in [6.07, 6.45) is 5.94. The molecule has 1 aromatic heterocycles. The van der Waals surface area contributed by atoms with Gasteiger partial charge in [-0.2, -0.15) is 0 Å². The maximum Gasteiger partial charge on any atom is 0.166 e. The Hall–Kier alpha value is -2.16. The summed E-state index contributed by atoms with van der Waals surface area (Å²) < 4.78 is 17.3. The molecular formula is C23H29FN4O2S. The highest BCUT2D eigenvalue weighted by atomic mass is 32.2. The van der Waals surface area contributed by atoms with Gasteiger partial charge in [-0.25, -0.2) is 8.70 Å². The Bertz CT molecular complexity index is 936. The van der Waals surface area contributed by atoms with Gasteiger partial charge in [0, 0.05) is 24.2 Å². The number of oxime groups is 1. The highest BCUT2D eigenvalue weighted by molar-refractivity contribution is 7.97. The number of halogens is 1. The molecule has 31 heavy (non-hydrogen) atoms. The third-order valence-corrected chi connectivity index (χ3v) is 7.12. The van der Waals surface area contributed by atoms with Crippen LogP contribution in [0.1, 0.15) is 41.7 Å². The van der Waals surface area contributed by atoms with Crippen molar-refractivity contribution in [1.82, 2.24) is 13.8 Å². The van der Waals surface area contributed by atoms with Crippen molar-refractivity contribution in [2.24, 2.45) is 11.1 Å². The van der Waals surface area contributed by atoms with E-state index in [0.29, 0.717) is 17.8 Å². The number of likely N-dealkylation sites (N-methyl/N-ethyl adjacent to an activating group) is 1. The minimum absolute atomic E-state index is 0.0416. The van der Waals surface area contributed by atoms with Gasteiger partial charge in [-0.05, 0) is 94.6 Å². The number of nitrogens with zero attached hydrogens (tertiary/aromatic N) is 4. The first-order valence-electron chi connectivity index (χ1n) is 10.9. The van der Waals surface area contributed by atoms with E-state index in [1.54, 1.807) is 24.1 Å². The van der Waals surface area contributed by atoms with E-state index < -0.39 is 0 Å². The molecule has 0 aliphatic carbocycles. The number of aromatic nitrogens is 1. The number of hydrogen-bond acceptors (Lipinski definition) is 6. The van der Waals surface area contributed by atoms with E-state index in [0.717, 1.165) is 62.5 Å². The lowest BCUT2D eigenvalue weighted by Crippen LogP contribution is -2.37. The Morgan fingerprint density at radius 2 is 1.87 bits per heavy atom. The zero-order chi connectivity index (χ0) is 21.8. The molecule has 2 aliphatic heterocycles. The van der Waals surface area contributed by atoms with Crippen LogP contribution in [0.2, 0.25) is 0 Å². The van der Waals surface area contributed by atoms with Crippen LogP contribution in [0.5, 0.6) is 0 Å². The summed E-state index contributed by atoms with van der Waals surface area (Å²) in [5.74, 6) is -0.125. The number of hydrogen-bond donors (Lipinski definition) is 1. The Morgan fingerprint density at radius 1 is 1.16 bits per heavy atom. The van der Waals surface area contributed by atoms with Gasteiger partial charge < -0.3 is 14.7 Å². The van der Waals surface area contributed by atoms with E-state index in [2.05, 4.69) is 31.2 Å². The van der Waals surface area contributed by atoms with E-state index >= 15 is 0 Å². The molecule has 166 valence electrons. The third kappa shape index (κ3) is 5.19. The summed E-state index contributed by atoms with van der Waals surface area (Å²) in [5.41, 5.74) is 2.37. The molecule has 0 amide bonds. The lowest BCUT2D eigenvalue weighted by molar-refractivity contribution is 0.0838. The summed E-state index contributed by atoms with van der Waals surface area (Å²) in [6, 6.07) is 7.98. The molecule has 3 heterocycles. The van der Waals surface area contributed by atoms with Crippen molar-refractivity contribution in [3.63, 3.8) is 0 Å². The molecule has 2 aliphatic rings. The fourth-order valence-electron chi connectivity index (χ4n) is 4.47. The number of piperidine rings is 1. The van der Waals surface area contributed by atoms with Crippen LogP contribution >= 0.6 is 11.9 Å². The normalized spacial score (nSPS) is 19.6. The molecule has 1 saturated heterocycles. The number of rotatable bonds is 7. The number of ketones is 1. The zero-order valence-electron chi connectivity index (χ0n) is 17.8. The molecule has 1 aromatic carbocycles. The predicted molar refractivity (Wildman–Crippen MR) is 120 cm³/mol. The van der Waals surface area contributed by atoms with Gasteiger partial charge in [0.2, 0.25) is 0 Å². The number of carbonyl (C=O) groups is 1. The topological polar surface area (TPSA) is 61.1 Å². The second-order valence-electron chi connectivity index (χ2n) is 8.34. The van der Waals surface area contributed by atoms with Crippen molar-refractivity contribution in [1.29, 1.82) is 0 Å². The van der Waals surface area contributed by atoms with Crippen LogP contribution in [-0.4, -0.2) is 63.7 Å². The number of aryl methyl sites for hydroxylation is 1. The van der Waals surface area contributed by atoms with Crippen molar-refractivity contribution < 1.29 is 14.4 Å². The number of likely N-dealkylation sites (tertiary alicyclic amines) is 1. The van der Waals surface area contributed by atoms with E-state index in [1.807, 2.05) is 7.05 Å². The molecule has 0 radical (unpaired) electrons. The molecule has 1 N–H and O–H groups in total. The van der Waals surface area contributed by atoms with Gasteiger partial charge in [-0.1, -0.05) is 5.16 Å². The van der Waals surface area contributed by atoms with Crippen LogP contribution in [-0.2, 0) is 6.54 Å². The van der Waals surface area contributed by atoms with Crippen molar-refractivity contribution in [3.05, 3.63) is 53.6 Å². The lowest BCUT2D eigenvalue weighted by Gasteiger charge is -2.31. The minimum Gasteiger partial charge on any atom is -0.411 e. The Labute approximate surface area is 186 Å². The quantitative estimate of drug-likeness (QED) is 0.229. The van der Waals surface area contributed by atoms with Gasteiger partial charge in [0.05, 0.1) is 17.1 Å². The monoisotopic (exact) mass is 444 g/mol. The molecule has 0 atom stereocenters. The number of unbranched alkanes of at least 4 members (excludes halogenated alkanes) is 1. The SMILES string of the molecule is CN1C/C(=N\O)c2c(ccn2CCCCN2CCC(C(=O)c3ccc(F)cc3)CC2)S1. The Morgan fingerprint density at radius 3 is 2.58 bits per heavy atom. The van der Waals surface area contributed by atoms with Crippen molar-refractivity contribution in [3.8, 4) is 0 Å². The Kier molecular flexibility index (Phi) is 7.09. The first-order valence-corrected chi connectivity index (χ1v) is 11.6. The average molecular weight is 445 g/mol. The second-order valence-corrected chi connectivity index (χ2v) is 9.59. The summed E-state index contributed by atoms with van der Waals surface area (Å²) in [5, 5.41) is 12.9. The van der Waals surface area contributed by atoms with Gasteiger partial charge in [0.15, 0.2) is 5.78 Å². The van der Waals surface area contributed by atoms with Gasteiger partial charge >= 0.3 is 0 Å². The number of fused-ring (bicyclic) bond motifs is 1. The third-order valence-electron chi connectivity index (χ3n) is 6.16. The van der Waals surface area contributed by atoms with Gasteiger partial charge in [-0.15, -0.1) is 0 Å². The summed E-state index contributed by atoms with van der Waals surface area (Å²) in [4.78, 5) is 16.2. The highest BCUT2D eigenvalue weighted by Gasteiger charge is 2.26. The zero-order valence-corrected chi connectivity index (χ0v) is 18.7. The van der Waals surface area contributed by atoms with Gasteiger partial charge in [-0.3, -0.25) is 4.79 Å². The van der Waals surface area contributed by atoms with Crippen molar-refractivity contribution >= 4 is 23.4 Å². The van der Waals surface area contributed by atoms with Crippen LogP contribution < -0.4 is 0 Å². The molecular weight excluding hydrogens is 415 g/mol. The second kappa shape index (κ2) is 9.97. The fourth-order valence-corrected chi connectivity index (χ4v) is 5.44. The van der Waals surface area contributed by atoms with E-state index in [4.69, 9.17) is 0 Å². The first kappa shape index (κ1) is 22.0. The predicted octanol–water partition coefficient (Wildman–Crippen LogP) is 4.13. The minimum atomic E-state index is -0.308. The van der Waals surface area contributed by atoms with Crippen molar-refractivity contribution in [2.75, 3.05) is 33.2 Å². The molecule has 1 fully saturated rings. The standard InChI is InChI=1S/C23H29FN4O2S/c1-26-16-20(25-30)22-21(31-26)10-15-28(22)12-3-2-11-27-13-8-18(9-14-27)23(29)17-4-6-19(24)7-5-17/h4-7,10,15,18,30H,2-3,8-9,11-14,16H2,1H3/b25-20+. The van der Waals surface area contributed by atoms with Gasteiger partial charge in [0.1, 0.15) is 11.5 Å². The average Bonchev–Trinajstić information content (AvgIpc) is 3.19. The smallest absolute Gasteiger partial charge is 0.166 e. The fraction of sp³-hybridized carbons (Fsp3) is 0.478. The molecule has 0 saturated carbocycles. The van der Waals surface area contributed by atoms with Crippen LogP contribution in [0.3, 0.4) is 0 Å². The van der Waals surface area contributed by atoms with E-state index in [9.17, 15) is 14.4 Å². The molecule has 8 heteroatoms. The largest absolute Gasteiger partial charge is 0.411 e. The number of carbonyl (C=O) groups excluding carboxylic acids is 1. The van der Waals surface area contributed by atoms with Crippen LogP contribution in [0.4, 0.5) is 4.39 Å². The summed E-state index contributed by atoms with van der Waals surface area (Å²) >= 11 is 1.68. The van der Waals surface area contributed by atoms with Crippen LogP contribution in [0, 0.1) is 11.7 Å². The molecule has 2 aromatic rings. The van der Waals surface area contributed by atoms with Crippen LogP contribution in [0.25, 0.3) is 0 Å². The van der Waals surface area contributed by atoms with E-state index in [-0.39, 0.29) is 17.5 Å². The van der Waals surface area contributed by atoms with Gasteiger partial charge in [0.25, 0.3) is 0 Å². The molecule has 0 unspecified atom stereocenters. The maximum absolute atomic E-state index is 13.1. The Balaban J connectivity index is 1.21. The highest BCUT2D eigenvalue weighted by Crippen LogP contribution is 2.32. The lowest BCUT2D eigenvalue weighted by atomic mass is 9.89. The molecule has 4 rings (SSSR count). The van der Waals surface area contributed by atoms with Crippen LogP contribution in [0.15, 0.2) is 46.6 Å². The number of Topliss-reactive ketones (excluding diaryl/α,β-unsaturated/α-hetero) is 1. The molecule has 0 spiro atoms. The number of benzene rings is 1. The summed E-state index contributed by atoms with van der Waals surface area (Å²) in [7, 11) is 1.99. The first-order chi connectivity index (χ1) is 15.0. The summed E-state index contributed by atoms with van der Waals surface area (Å²) in [6.45, 7) is 4.42.